The maximum absolute atomic E-state index is 13.8. The SMILES string of the molecule is O=C(O)c1coc(-c2csc(-c3c(F)cccc3Cl)n2)c1. The molecule has 0 aliphatic heterocycles. The highest BCUT2D eigenvalue weighted by Gasteiger charge is 2.16. The summed E-state index contributed by atoms with van der Waals surface area (Å²) >= 11 is 7.19. The lowest BCUT2D eigenvalue weighted by Crippen LogP contribution is -1.91. The number of aromatic nitrogens is 1. The van der Waals surface area contributed by atoms with Gasteiger partial charge in [0.05, 0.1) is 16.1 Å². The molecule has 3 aromatic rings. The summed E-state index contributed by atoms with van der Waals surface area (Å²) in [6, 6.07) is 5.76. The normalized spacial score (nSPS) is 10.8. The fraction of sp³-hybridized carbons (Fsp3) is 0. The molecule has 2 heterocycles. The van der Waals surface area contributed by atoms with Crippen LogP contribution in [0.2, 0.25) is 5.02 Å². The molecule has 0 aliphatic carbocycles. The summed E-state index contributed by atoms with van der Waals surface area (Å²) in [5.74, 6) is -1.24. The second-order valence-corrected chi connectivity index (χ2v) is 5.40. The molecule has 0 unspecified atom stereocenters. The second kappa shape index (κ2) is 5.31. The van der Waals surface area contributed by atoms with Crippen LogP contribution in [-0.2, 0) is 0 Å². The van der Waals surface area contributed by atoms with Gasteiger partial charge in [-0.05, 0) is 12.1 Å². The number of hydrogen-bond acceptors (Lipinski definition) is 4. The van der Waals surface area contributed by atoms with Crippen molar-refractivity contribution in [3.63, 3.8) is 0 Å². The van der Waals surface area contributed by atoms with Gasteiger partial charge >= 0.3 is 5.97 Å². The Balaban J connectivity index is 2.02. The summed E-state index contributed by atoms with van der Waals surface area (Å²) in [6.07, 6.45) is 1.13. The summed E-state index contributed by atoms with van der Waals surface area (Å²) in [5.41, 5.74) is 0.686. The van der Waals surface area contributed by atoms with Crippen LogP contribution in [0.4, 0.5) is 4.39 Å². The summed E-state index contributed by atoms with van der Waals surface area (Å²) in [4.78, 5) is 15.1. The number of hydrogen-bond donors (Lipinski definition) is 1. The van der Waals surface area contributed by atoms with Crippen molar-refractivity contribution < 1.29 is 18.7 Å². The van der Waals surface area contributed by atoms with Crippen LogP contribution < -0.4 is 0 Å². The van der Waals surface area contributed by atoms with Gasteiger partial charge < -0.3 is 9.52 Å². The molecule has 0 fully saturated rings. The first kappa shape index (κ1) is 13.8. The number of nitrogens with zero attached hydrogens (tertiary/aromatic N) is 1. The molecule has 21 heavy (non-hydrogen) atoms. The summed E-state index contributed by atoms with van der Waals surface area (Å²) in [5, 5.41) is 11.2. The molecule has 106 valence electrons. The van der Waals surface area contributed by atoms with Gasteiger partial charge in [0.15, 0.2) is 5.76 Å². The Morgan fingerprint density at radius 3 is 2.90 bits per heavy atom. The molecule has 0 radical (unpaired) electrons. The fourth-order valence-corrected chi connectivity index (χ4v) is 2.96. The number of carbonyl (C=O) groups is 1. The highest BCUT2D eigenvalue weighted by atomic mass is 35.5. The maximum Gasteiger partial charge on any atom is 0.338 e. The van der Waals surface area contributed by atoms with Crippen molar-refractivity contribution in [2.75, 3.05) is 0 Å². The van der Waals surface area contributed by atoms with Crippen LogP contribution in [0, 0.1) is 5.82 Å². The molecule has 1 aromatic carbocycles. The zero-order valence-corrected chi connectivity index (χ0v) is 11.9. The molecule has 4 nitrogen and oxygen atoms in total. The third-order valence-electron chi connectivity index (χ3n) is 2.78. The number of rotatable bonds is 3. The van der Waals surface area contributed by atoms with Crippen LogP contribution in [0.5, 0.6) is 0 Å². The number of thiazole rings is 1. The quantitative estimate of drug-likeness (QED) is 0.767. The first-order valence-corrected chi connectivity index (χ1v) is 7.04. The number of furan rings is 1. The average molecular weight is 324 g/mol. The number of carboxylic acid groups (broad SMARTS) is 1. The molecule has 0 aliphatic rings. The molecule has 2 aromatic heterocycles. The summed E-state index contributed by atoms with van der Waals surface area (Å²) in [6.45, 7) is 0. The van der Waals surface area contributed by atoms with Gasteiger partial charge in [0.2, 0.25) is 0 Å². The highest BCUT2D eigenvalue weighted by Crippen LogP contribution is 2.35. The van der Waals surface area contributed by atoms with E-state index < -0.39 is 11.8 Å². The van der Waals surface area contributed by atoms with Crippen LogP contribution in [0.25, 0.3) is 22.0 Å². The molecular weight excluding hydrogens is 317 g/mol. The molecule has 0 atom stereocenters. The van der Waals surface area contributed by atoms with Crippen molar-refractivity contribution in [3.8, 4) is 22.0 Å². The maximum atomic E-state index is 13.8. The van der Waals surface area contributed by atoms with Crippen LogP contribution in [0.15, 0.2) is 40.3 Å². The van der Waals surface area contributed by atoms with E-state index in [1.165, 1.54) is 29.5 Å². The Bertz CT molecular complexity index is 807. The number of benzene rings is 1. The van der Waals surface area contributed by atoms with E-state index in [-0.39, 0.29) is 16.1 Å². The van der Waals surface area contributed by atoms with Gasteiger partial charge in [-0.15, -0.1) is 11.3 Å². The second-order valence-electron chi connectivity index (χ2n) is 4.14. The Kier molecular flexibility index (Phi) is 3.48. The lowest BCUT2D eigenvalue weighted by molar-refractivity contribution is 0.0696. The Morgan fingerprint density at radius 1 is 1.43 bits per heavy atom. The first-order valence-electron chi connectivity index (χ1n) is 5.78. The summed E-state index contributed by atoms with van der Waals surface area (Å²) in [7, 11) is 0. The molecule has 0 amide bonds. The third-order valence-corrected chi connectivity index (χ3v) is 3.95. The van der Waals surface area contributed by atoms with E-state index in [4.69, 9.17) is 21.1 Å². The van der Waals surface area contributed by atoms with Gasteiger partial charge in [-0.3, -0.25) is 0 Å². The lowest BCUT2D eigenvalue weighted by atomic mass is 10.2. The zero-order chi connectivity index (χ0) is 15.0. The monoisotopic (exact) mass is 323 g/mol. The van der Waals surface area contributed by atoms with E-state index in [1.54, 1.807) is 11.4 Å². The van der Waals surface area contributed by atoms with E-state index in [0.29, 0.717) is 16.5 Å². The molecular formula is C14H7ClFNO3S. The molecule has 0 bridgehead atoms. The standard InChI is InChI=1S/C14H7ClFNO3S/c15-8-2-1-3-9(16)12(8)13-17-10(6-21-13)11-4-7(5-20-11)14(18)19/h1-6H,(H,18,19). The van der Waals surface area contributed by atoms with Gasteiger partial charge in [0.25, 0.3) is 0 Å². The van der Waals surface area contributed by atoms with Crippen LogP contribution in [0.3, 0.4) is 0 Å². The van der Waals surface area contributed by atoms with Crippen molar-refractivity contribution in [2.45, 2.75) is 0 Å². The largest absolute Gasteiger partial charge is 0.478 e. The van der Waals surface area contributed by atoms with Crippen LogP contribution >= 0.6 is 22.9 Å². The Hall–Kier alpha value is -2.18. The molecule has 0 saturated heterocycles. The Labute approximate surface area is 127 Å². The number of halogens is 2. The first-order chi connectivity index (χ1) is 10.1. The van der Waals surface area contributed by atoms with E-state index in [2.05, 4.69) is 4.98 Å². The van der Waals surface area contributed by atoms with Crippen LogP contribution in [-0.4, -0.2) is 16.1 Å². The van der Waals surface area contributed by atoms with E-state index >= 15 is 0 Å². The van der Waals surface area contributed by atoms with Crippen molar-refractivity contribution in [3.05, 3.63) is 52.3 Å². The molecule has 3 rings (SSSR count). The number of carboxylic acids is 1. The van der Waals surface area contributed by atoms with E-state index in [1.807, 2.05) is 0 Å². The number of aromatic carboxylic acids is 1. The van der Waals surface area contributed by atoms with Crippen molar-refractivity contribution >= 4 is 28.9 Å². The van der Waals surface area contributed by atoms with Crippen molar-refractivity contribution in [1.29, 1.82) is 0 Å². The molecule has 7 heteroatoms. The van der Waals surface area contributed by atoms with Gasteiger partial charge in [-0.1, -0.05) is 17.7 Å². The van der Waals surface area contributed by atoms with Gasteiger partial charge in [-0.25, -0.2) is 14.2 Å². The average Bonchev–Trinajstić information content (AvgIpc) is 3.07. The third kappa shape index (κ3) is 2.55. The minimum Gasteiger partial charge on any atom is -0.478 e. The smallest absolute Gasteiger partial charge is 0.338 e. The Morgan fingerprint density at radius 2 is 2.24 bits per heavy atom. The molecule has 0 saturated carbocycles. The van der Waals surface area contributed by atoms with Crippen molar-refractivity contribution in [1.82, 2.24) is 4.98 Å². The zero-order valence-electron chi connectivity index (χ0n) is 10.3. The predicted molar refractivity (Wildman–Crippen MR) is 77.2 cm³/mol. The fourth-order valence-electron chi connectivity index (χ4n) is 1.79. The predicted octanol–water partition coefficient (Wildman–Crippen LogP) is 4.56. The van der Waals surface area contributed by atoms with Crippen LogP contribution in [0.1, 0.15) is 10.4 Å². The topological polar surface area (TPSA) is 63.3 Å². The van der Waals surface area contributed by atoms with Gasteiger partial charge in [0, 0.05) is 11.4 Å². The van der Waals surface area contributed by atoms with Gasteiger partial charge in [-0.2, -0.15) is 0 Å². The van der Waals surface area contributed by atoms with E-state index in [9.17, 15) is 9.18 Å². The molecule has 1 N–H and O–H groups in total. The van der Waals surface area contributed by atoms with Crippen molar-refractivity contribution in [2.24, 2.45) is 0 Å². The van der Waals surface area contributed by atoms with Gasteiger partial charge in [0.1, 0.15) is 22.8 Å². The molecule has 0 spiro atoms. The minimum absolute atomic E-state index is 0.0310. The van der Waals surface area contributed by atoms with E-state index in [0.717, 1.165) is 6.26 Å². The highest BCUT2D eigenvalue weighted by molar-refractivity contribution is 7.13. The lowest BCUT2D eigenvalue weighted by Gasteiger charge is -2.01. The summed E-state index contributed by atoms with van der Waals surface area (Å²) < 4.78 is 19.0. The minimum atomic E-state index is -1.09.